The fourth-order valence-electron chi connectivity index (χ4n) is 1.95. The van der Waals surface area contributed by atoms with Crippen LogP contribution in [-0.4, -0.2) is 21.3 Å². The van der Waals surface area contributed by atoms with Crippen molar-refractivity contribution in [2.45, 2.75) is 0 Å². The molecule has 1 heterocycles. The summed E-state index contributed by atoms with van der Waals surface area (Å²) in [6.07, 6.45) is 1.97. The summed E-state index contributed by atoms with van der Waals surface area (Å²) in [4.78, 5) is 0. The highest BCUT2D eigenvalue weighted by atomic mass is 127. The van der Waals surface area contributed by atoms with Gasteiger partial charge in [0.05, 0.1) is 34.6 Å². The van der Waals surface area contributed by atoms with Gasteiger partial charge in [0.25, 0.3) is 5.82 Å². The van der Waals surface area contributed by atoms with E-state index in [1.165, 1.54) is 0 Å². The van der Waals surface area contributed by atoms with E-state index >= 15 is 0 Å². The molecule has 5 nitrogen and oxygen atoms in total. The Morgan fingerprint density at radius 1 is 0.952 bits per heavy atom. The molecule has 0 atom stereocenters. The van der Waals surface area contributed by atoms with E-state index in [2.05, 4.69) is 5.32 Å². The Balaban J connectivity index is 0.00000220. The molecule has 0 spiro atoms. The van der Waals surface area contributed by atoms with Gasteiger partial charge in [-0.15, -0.1) is 0 Å². The van der Waals surface area contributed by atoms with Crippen molar-refractivity contribution in [3.63, 3.8) is 0 Å². The first kappa shape index (κ1) is 17.4. The number of ether oxygens (including phenoxy) is 3. The Hall–Kier alpha value is -1.70. The van der Waals surface area contributed by atoms with Crippen molar-refractivity contribution < 1.29 is 42.8 Å². The predicted molar refractivity (Wildman–Crippen MR) is 77.0 cm³/mol. The predicted octanol–water partition coefficient (Wildman–Crippen LogP) is -0.715. The Morgan fingerprint density at radius 3 is 2.05 bits per heavy atom. The molecule has 2 aromatic rings. The molecule has 0 amide bonds. The van der Waals surface area contributed by atoms with Gasteiger partial charge in [0.1, 0.15) is 5.69 Å². The summed E-state index contributed by atoms with van der Waals surface area (Å²) < 4.78 is 18.0. The van der Waals surface area contributed by atoms with E-state index in [9.17, 15) is 0 Å². The fraction of sp³-hybridized carbons (Fsp3) is 0.267. The van der Waals surface area contributed by atoms with Crippen molar-refractivity contribution in [2.75, 3.05) is 26.6 Å². The lowest BCUT2D eigenvalue weighted by Gasteiger charge is -2.13. The van der Waals surface area contributed by atoms with Crippen LogP contribution >= 0.6 is 0 Å². The number of anilines is 2. The van der Waals surface area contributed by atoms with Gasteiger partial charge in [0.15, 0.2) is 11.5 Å². The lowest BCUT2D eigenvalue weighted by molar-refractivity contribution is -0.657. The van der Waals surface area contributed by atoms with E-state index in [1.807, 2.05) is 48.1 Å². The van der Waals surface area contributed by atoms with E-state index in [1.54, 1.807) is 21.3 Å². The molecule has 114 valence electrons. The zero-order valence-electron chi connectivity index (χ0n) is 12.5. The SMILES string of the molecule is COc1cc(Nc2cccc[n+]2C)cc(OC)c1OC.[I-]. The van der Waals surface area contributed by atoms with Gasteiger partial charge < -0.3 is 38.2 Å². The van der Waals surface area contributed by atoms with Crippen molar-refractivity contribution >= 4 is 11.5 Å². The third kappa shape index (κ3) is 3.90. The molecule has 0 aliphatic rings. The average molecular weight is 402 g/mol. The molecule has 0 bridgehead atoms. The van der Waals surface area contributed by atoms with Crippen LogP contribution in [0, 0.1) is 0 Å². The van der Waals surface area contributed by atoms with E-state index in [0.29, 0.717) is 17.2 Å². The smallest absolute Gasteiger partial charge is 0.279 e. The number of methoxy groups -OCH3 is 3. The van der Waals surface area contributed by atoms with E-state index in [4.69, 9.17) is 14.2 Å². The minimum absolute atomic E-state index is 0. The molecule has 0 aliphatic heterocycles. The van der Waals surface area contributed by atoms with Crippen LogP contribution in [0.25, 0.3) is 0 Å². The van der Waals surface area contributed by atoms with Crippen molar-refractivity contribution in [1.29, 1.82) is 0 Å². The molecular weight excluding hydrogens is 383 g/mol. The summed E-state index contributed by atoms with van der Waals surface area (Å²) in [5.74, 6) is 2.78. The van der Waals surface area contributed by atoms with Gasteiger partial charge in [-0.3, -0.25) is 0 Å². The Labute approximate surface area is 141 Å². The number of nitrogens with zero attached hydrogens (tertiary/aromatic N) is 1. The average Bonchev–Trinajstić information content (AvgIpc) is 2.48. The van der Waals surface area contributed by atoms with Crippen LogP contribution < -0.4 is 48.1 Å². The number of benzene rings is 1. The lowest BCUT2D eigenvalue weighted by Crippen LogP contribution is -3.00. The molecular formula is C15H19IN2O3. The number of rotatable bonds is 5. The summed E-state index contributed by atoms with van der Waals surface area (Å²) in [6, 6.07) is 9.67. The Bertz CT molecular complexity index is 580. The van der Waals surface area contributed by atoms with Gasteiger partial charge in [-0.25, -0.2) is 9.88 Å². The van der Waals surface area contributed by atoms with Crippen LogP contribution in [0.2, 0.25) is 0 Å². The molecule has 6 heteroatoms. The molecule has 0 aliphatic carbocycles. The van der Waals surface area contributed by atoms with Gasteiger partial charge in [-0.1, -0.05) is 6.07 Å². The highest BCUT2D eigenvalue weighted by Crippen LogP contribution is 2.40. The van der Waals surface area contributed by atoms with E-state index in [0.717, 1.165) is 11.5 Å². The summed E-state index contributed by atoms with van der Waals surface area (Å²) in [5.41, 5.74) is 0.862. The van der Waals surface area contributed by atoms with E-state index in [-0.39, 0.29) is 24.0 Å². The van der Waals surface area contributed by atoms with Crippen LogP contribution in [0.3, 0.4) is 0 Å². The summed E-state index contributed by atoms with van der Waals surface area (Å²) in [7, 11) is 6.76. The molecule has 2 rings (SSSR count). The quantitative estimate of drug-likeness (QED) is 0.530. The monoisotopic (exact) mass is 402 g/mol. The maximum atomic E-state index is 5.34. The zero-order valence-corrected chi connectivity index (χ0v) is 14.7. The third-order valence-corrected chi connectivity index (χ3v) is 2.99. The van der Waals surface area contributed by atoms with Crippen molar-refractivity contribution in [1.82, 2.24) is 0 Å². The molecule has 1 aromatic carbocycles. The van der Waals surface area contributed by atoms with E-state index < -0.39 is 0 Å². The fourth-order valence-corrected chi connectivity index (χ4v) is 1.95. The number of aromatic nitrogens is 1. The number of hydrogen-bond donors (Lipinski definition) is 1. The van der Waals surface area contributed by atoms with Gasteiger partial charge >= 0.3 is 0 Å². The second kappa shape index (κ2) is 7.92. The topological polar surface area (TPSA) is 43.6 Å². The largest absolute Gasteiger partial charge is 1.00 e. The second-order valence-corrected chi connectivity index (χ2v) is 4.24. The van der Waals surface area contributed by atoms with Gasteiger partial charge in [-0.2, -0.15) is 0 Å². The van der Waals surface area contributed by atoms with Crippen LogP contribution in [0.1, 0.15) is 0 Å². The number of halogens is 1. The van der Waals surface area contributed by atoms with Crippen LogP contribution in [0.15, 0.2) is 36.5 Å². The minimum atomic E-state index is 0. The molecule has 0 unspecified atom stereocenters. The maximum absolute atomic E-state index is 5.34. The molecule has 1 N–H and O–H groups in total. The maximum Gasteiger partial charge on any atom is 0.279 e. The molecule has 0 saturated heterocycles. The normalized spacial score (nSPS) is 9.52. The first-order valence-electron chi connectivity index (χ1n) is 6.21. The Kier molecular flexibility index (Phi) is 6.54. The number of hydrogen-bond acceptors (Lipinski definition) is 4. The Morgan fingerprint density at radius 2 is 1.57 bits per heavy atom. The van der Waals surface area contributed by atoms with Crippen LogP contribution in [0.5, 0.6) is 17.2 Å². The minimum Gasteiger partial charge on any atom is -1.00 e. The number of nitrogens with one attached hydrogen (secondary N) is 1. The van der Waals surface area contributed by atoms with Crippen molar-refractivity contribution in [3.05, 3.63) is 36.5 Å². The van der Waals surface area contributed by atoms with Crippen LogP contribution in [0.4, 0.5) is 11.5 Å². The first-order chi connectivity index (χ1) is 9.69. The molecule has 1 aromatic heterocycles. The van der Waals surface area contributed by atoms with Gasteiger partial charge in [0, 0.05) is 18.2 Å². The first-order valence-corrected chi connectivity index (χ1v) is 6.21. The number of pyridine rings is 1. The van der Waals surface area contributed by atoms with Crippen molar-refractivity contribution in [3.8, 4) is 17.2 Å². The summed E-state index contributed by atoms with van der Waals surface area (Å²) in [6.45, 7) is 0. The highest BCUT2D eigenvalue weighted by Gasteiger charge is 2.16. The summed E-state index contributed by atoms with van der Waals surface area (Å²) in [5, 5.41) is 3.32. The zero-order chi connectivity index (χ0) is 14.5. The number of aryl methyl sites for hydroxylation is 1. The van der Waals surface area contributed by atoms with Crippen LogP contribution in [-0.2, 0) is 7.05 Å². The lowest BCUT2D eigenvalue weighted by atomic mass is 10.2. The summed E-state index contributed by atoms with van der Waals surface area (Å²) >= 11 is 0. The highest BCUT2D eigenvalue weighted by molar-refractivity contribution is 5.65. The van der Waals surface area contributed by atoms with Gasteiger partial charge in [0.2, 0.25) is 5.75 Å². The van der Waals surface area contributed by atoms with Gasteiger partial charge in [-0.05, 0) is 6.07 Å². The third-order valence-electron chi connectivity index (χ3n) is 2.99. The molecule has 0 fully saturated rings. The molecule has 0 radical (unpaired) electrons. The molecule has 0 saturated carbocycles. The standard InChI is InChI=1S/C15H18N2O3.HI/c1-17-8-6-5-7-14(17)16-11-9-12(18-2)15(20-4)13(10-11)19-3;/h5-10H,1-4H3;1H. The van der Waals surface area contributed by atoms with Crippen molar-refractivity contribution in [2.24, 2.45) is 7.05 Å². The second-order valence-electron chi connectivity index (χ2n) is 4.24. The molecule has 21 heavy (non-hydrogen) atoms.